The molecular formula is C25H34F2N2O2. The highest BCUT2D eigenvalue weighted by Crippen LogP contribution is 2.12. The standard InChI is InChI=1S/C16H21FN2O.C9H13FO/c1-3-16(20)19-10-8-18(9-11-19)7-6-14-5-4-13(2)15(17)12-14;1-6(2)8(10)5-9(11)7(3)4/h3-5,12H,1,6-11H2,2H3;5,11H,1H2,2-4H3/b;8-5+. The molecule has 0 saturated carbocycles. The molecule has 1 aromatic rings. The molecule has 1 fully saturated rings. The van der Waals surface area contributed by atoms with Gasteiger partial charge in [-0.15, -0.1) is 0 Å². The minimum absolute atomic E-state index is 0.00487. The second-order valence-electron chi connectivity index (χ2n) is 7.86. The van der Waals surface area contributed by atoms with Crippen LogP contribution in [0.2, 0.25) is 0 Å². The van der Waals surface area contributed by atoms with E-state index in [0.717, 1.165) is 50.8 Å². The third-order valence-electron chi connectivity index (χ3n) is 4.99. The molecule has 1 aromatic carbocycles. The monoisotopic (exact) mass is 432 g/mol. The fourth-order valence-corrected chi connectivity index (χ4v) is 2.79. The van der Waals surface area contributed by atoms with Crippen LogP contribution in [0.1, 0.15) is 31.9 Å². The molecule has 6 heteroatoms. The van der Waals surface area contributed by atoms with Gasteiger partial charge < -0.3 is 10.0 Å². The SMILES string of the molecule is C=C(C)/C(F)=C\C(O)=C(C)C.C=CC(=O)N1CCN(CCc2ccc(C)c(F)c2)CC1. The van der Waals surface area contributed by atoms with Crippen molar-refractivity contribution in [3.05, 3.63) is 83.2 Å². The zero-order valence-corrected chi connectivity index (χ0v) is 19.0. The molecular weight excluding hydrogens is 398 g/mol. The molecule has 0 atom stereocenters. The maximum atomic E-state index is 13.5. The lowest BCUT2D eigenvalue weighted by Gasteiger charge is -2.34. The number of aliphatic hydroxyl groups is 1. The largest absolute Gasteiger partial charge is 0.508 e. The molecule has 1 amide bonds. The Bertz CT molecular complexity index is 847. The molecule has 0 aromatic heterocycles. The Kier molecular flexibility index (Phi) is 10.9. The Hall–Kier alpha value is -2.73. The van der Waals surface area contributed by atoms with Crippen molar-refractivity contribution < 1.29 is 18.7 Å². The van der Waals surface area contributed by atoms with Crippen molar-refractivity contribution in [1.82, 2.24) is 9.80 Å². The number of amides is 1. The molecule has 1 saturated heterocycles. The predicted molar refractivity (Wildman–Crippen MR) is 123 cm³/mol. The third-order valence-corrected chi connectivity index (χ3v) is 4.99. The summed E-state index contributed by atoms with van der Waals surface area (Å²) in [5, 5.41) is 9.07. The average Bonchev–Trinajstić information content (AvgIpc) is 2.74. The highest BCUT2D eigenvalue weighted by atomic mass is 19.1. The second-order valence-corrected chi connectivity index (χ2v) is 7.86. The summed E-state index contributed by atoms with van der Waals surface area (Å²) >= 11 is 0. The van der Waals surface area contributed by atoms with E-state index in [4.69, 9.17) is 5.11 Å². The summed E-state index contributed by atoms with van der Waals surface area (Å²) in [7, 11) is 0. The van der Waals surface area contributed by atoms with Crippen LogP contribution in [0.15, 0.2) is 66.2 Å². The van der Waals surface area contributed by atoms with Crippen molar-refractivity contribution >= 4 is 5.91 Å². The van der Waals surface area contributed by atoms with E-state index in [1.165, 1.54) is 6.08 Å². The summed E-state index contributed by atoms with van der Waals surface area (Å²) in [6.07, 6.45) is 3.27. The van der Waals surface area contributed by atoms with Crippen molar-refractivity contribution in [2.45, 2.75) is 34.1 Å². The van der Waals surface area contributed by atoms with E-state index in [1.54, 1.807) is 33.8 Å². The molecule has 1 N–H and O–H groups in total. The smallest absolute Gasteiger partial charge is 0.246 e. The lowest BCUT2D eigenvalue weighted by atomic mass is 10.1. The minimum atomic E-state index is -0.483. The second kappa shape index (κ2) is 12.8. The number of aliphatic hydroxyl groups excluding tert-OH is 1. The number of carbonyl (C=O) groups excluding carboxylic acids is 1. The van der Waals surface area contributed by atoms with Gasteiger partial charge in [-0.2, -0.15) is 0 Å². The van der Waals surface area contributed by atoms with Gasteiger partial charge in [-0.25, -0.2) is 8.78 Å². The molecule has 0 bridgehead atoms. The Morgan fingerprint density at radius 1 is 1.19 bits per heavy atom. The minimum Gasteiger partial charge on any atom is -0.508 e. The summed E-state index contributed by atoms with van der Waals surface area (Å²) in [6, 6.07) is 5.42. The zero-order chi connectivity index (χ0) is 23.6. The summed E-state index contributed by atoms with van der Waals surface area (Å²) in [4.78, 5) is 15.6. The van der Waals surface area contributed by atoms with Gasteiger partial charge in [0.1, 0.15) is 17.4 Å². The average molecular weight is 433 g/mol. The van der Waals surface area contributed by atoms with E-state index in [1.807, 2.05) is 17.0 Å². The first-order valence-electron chi connectivity index (χ1n) is 10.3. The molecule has 0 radical (unpaired) electrons. The number of halogens is 2. The summed E-state index contributed by atoms with van der Waals surface area (Å²) in [5.74, 6) is -0.650. The predicted octanol–water partition coefficient (Wildman–Crippen LogP) is 5.27. The molecule has 170 valence electrons. The maximum Gasteiger partial charge on any atom is 0.246 e. The van der Waals surface area contributed by atoms with Gasteiger partial charge in [0.25, 0.3) is 0 Å². The Labute approximate surface area is 184 Å². The summed E-state index contributed by atoms with van der Waals surface area (Å²) in [5.41, 5.74) is 2.71. The van der Waals surface area contributed by atoms with E-state index in [-0.39, 0.29) is 17.5 Å². The number of hydrogen-bond donors (Lipinski definition) is 1. The van der Waals surface area contributed by atoms with Crippen LogP contribution < -0.4 is 0 Å². The number of aryl methyl sites for hydroxylation is 1. The first kappa shape index (κ1) is 26.3. The van der Waals surface area contributed by atoms with Gasteiger partial charge in [0, 0.05) is 38.8 Å². The van der Waals surface area contributed by atoms with Crippen LogP contribution in [0.25, 0.3) is 0 Å². The number of nitrogens with zero attached hydrogens (tertiary/aromatic N) is 2. The van der Waals surface area contributed by atoms with E-state index in [9.17, 15) is 13.6 Å². The van der Waals surface area contributed by atoms with Gasteiger partial charge in [-0.05, 0) is 68.5 Å². The van der Waals surface area contributed by atoms with Gasteiger partial charge >= 0.3 is 0 Å². The van der Waals surface area contributed by atoms with Crippen molar-refractivity contribution in [3.63, 3.8) is 0 Å². The number of hydrogen-bond acceptors (Lipinski definition) is 3. The number of benzene rings is 1. The topological polar surface area (TPSA) is 43.8 Å². The number of rotatable bonds is 6. The molecule has 1 heterocycles. The zero-order valence-electron chi connectivity index (χ0n) is 19.0. The molecule has 0 spiro atoms. The van der Waals surface area contributed by atoms with Crippen LogP contribution >= 0.6 is 0 Å². The van der Waals surface area contributed by atoms with Crippen LogP contribution in [0.5, 0.6) is 0 Å². The van der Waals surface area contributed by atoms with Crippen LogP contribution in [-0.4, -0.2) is 53.5 Å². The molecule has 31 heavy (non-hydrogen) atoms. The quantitative estimate of drug-likeness (QED) is 0.378. The normalized spacial score (nSPS) is 14.4. The summed E-state index contributed by atoms with van der Waals surface area (Å²) in [6.45, 7) is 17.8. The van der Waals surface area contributed by atoms with E-state index in [2.05, 4.69) is 18.1 Å². The fourth-order valence-electron chi connectivity index (χ4n) is 2.79. The van der Waals surface area contributed by atoms with Crippen molar-refractivity contribution in [3.8, 4) is 0 Å². The van der Waals surface area contributed by atoms with Crippen LogP contribution in [0.3, 0.4) is 0 Å². The lowest BCUT2D eigenvalue weighted by Crippen LogP contribution is -2.48. The number of piperazine rings is 1. The number of allylic oxidation sites excluding steroid dienone is 4. The Balaban J connectivity index is 0.000000373. The third kappa shape index (κ3) is 9.30. The van der Waals surface area contributed by atoms with Crippen molar-refractivity contribution in [2.75, 3.05) is 32.7 Å². The first-order chi connectivity index (χ1) is 14.5. The molecule has 0 unspecified atom stereocenters. The molecule has 1 aliphatic heterocycles. The first-order valence-corrected chi connectivity index (χ1v) is 10.3. The van der Waals surface area contributed by atoms with Crippen LogP contribution in [-0.2, 0) is 11.2 Å². The fraction of sp³-hybridized carbons (Fsp3) is 0.400. The van der Waals surface area contributed by atoms with Crippen LogP contribution in [0.4, 0.5) is 8.78 Å². The van der Waals surface area contributed by atoms with Crippen LogP contribution in [0, 0.1) is 12.7 Å². The van der Waals surface area contributed by atoms with Gasteiger partial charge in [-0.1, -0.05) is 25.3 Å². The lowest BCUT2D eigenvalue weighted by molar-refractivity contribution is -0.127. The van der Waals surface area contributed by atoms with E-state index >= 15 is 0 Å². The van der Waals surface area contributed by atoms with Crippen molar-refractivity contribution in [1.29, 1.82) is 0 Å². The summed E-state index contributed by atoms with van der Waals surface area (Å²) < 4.78 is 26.2. The molecule has 0 aliphatic carbocycles. The van der Waals surface area contributed by atoms with E-state index in [0.29, 0.717) is 16.7 Å². The van der Waals surface area contributed by atoms with Gasteiger partial charge in [0.15, 0.2) is 0 Å². The van der Waals surface area contributed by atoms with Crippen molar-refractivity contribution in [2.24, 2.45) is 0 Å². The van der Waals surface area contributed by atoms with Gasteiger partial charge in [-0.3, -0.25) is 9.69 Å². The molecule has 4 nitrogen and oxygen atoms in total. The molecule has 1 aliphatic rings. The highest BCUT2D eigenvalue weighted by molar-refractivity contribution is 5.87. The molecule has 2 rings (SSSR count). The number of carbonyl (C=O) groups is 1. The van der Waals surface area contributed by atoms with E-state index < -0.39 is 5.83 Å². The van der Waals surface area contributed by atoms with Gasteiger partial charge in [0.2, 0.25) is 5.91 Å². The van der Waals surface area contributed by atoms with Gasteiger partial charge in [0.05, 0.1) is 0 Å². The Morgan fingerprint density at radius 3 is 2.29 bits per heavy atom. The highest BCUT2D eigenvalue weighted by Gasteiger charge is 2.18. The Morgan fingerprint density at radius 2 is 1.81 bits per heavy atom. The maximum absolute atomic E-state index is 13.5.